The van der Waals surface area contributed by atoms with Gasteiger partial charge in [0.15, 0.2) is 0 Å². The van der Waals surface area contributed by atoms with E-state index in [-0.39, 0.29) is 12.1 Å². The van der Waals surface area contributed by atoms with Crippen LogP contribution in [0.5, 0.6) is 0 Å². The highest BCUT2D eigenvalue weighted by atomic mass is 19.4. The molecule has 1 nitrogen and oxygen atoms in total. The number of hydrogen-bond donors (Lipinski definition) is 0. The van der Waals surface area contributed by atoms with Gasteiger partial charge in [0.05, 0.1) is 5.56 Å². The van der Waals surface area contributed by atoms with Gasteiger partial charge in [0.2, 0.25) is 0 Å². The van der Waals surface area contributed by atoms with Crippen LogP contribution in [0.4, 0.5) is 17.6 Å². The summed E-state index contributed by atoms with van der Waals surface area (Å²) >= 11 is 0. The molecule has 1 aromatic rings. The highest BCUT2D eigenvalue weighted by Crippen LogP contribution is 2.31. The predicted molar refractivity (Wildman–Crippen MR) is 38.2 cm³/mol. The molecule has 1 aromatic carbocycles. The normalized spacial score (nSPS) is 11.8. The third kappa shape index (κ3) is 2.18. The van der Waals surface area contributed by atoms with Gasteiger partial charge in [-0.25, -0.2) is 4.39 Å². The van der Waals surface area contributed by atoms with Gasteiger partial charge in [0.25, 0.3) is 0 Å². The van der Waals surface area contributed by atoms with Crippen LogP contribution in [0, 0.1) is 5.82 Å². The summed E-state index contributed by atoms with van der Waals surface area (Å²) in [6, 6.07) is 2.55. The molecule has 0 spiro atoms. The Kier molecular flexibility index (Phi) is 2.56. The molecule has 0 saturated carbocycles. The molecule has 0 atom stereocenters. The van der Waals surface area contributed by atoms with Gasteiger partial charge in [-0.15, -0.1) is 0 Å². The van der Waals surface area contributed by atoms with Crippen molar-refractivity contribution >= 4 is 0 Å². The second-order valence-corrected chi connectivity index (χ2v) is 2.49. The summed E-state index contributed by atoms with van der Waals surface area (Å²) in [7, 11) is 0. The molecule has 0 saturated heterocycles. The molecular weight excluding hydrogens is 186 g/mol. The first-order chi connectivity index (χ1) is 5.95. The topological polar surface area (TPSA) is 23.8 Å². The van der Waals surface area contributed by atoms with Gasteiger partial charge in [-0.2, -0.15) is 13.2 Å². The molecule has 13 heavy (non-hydrogen) atoms. The summed E-state index contributed by atoms with van der Waals surface area (Å²) in [5.41, 5.74) is 5.66. The Morgan fingerprint density at radius 1 is 1.23 bits per heavy atom. The molecule has 0 bridgehead atoms. The van der Waals surface area contributed by atoms with Crippen molar-refractivity contribution in [2.24, 2.45) is 0 Å². The van der Waals surface area contributed by atoms with Crippen molar-refractivity contribution in [1.29, 1.82) is 0 Å². The molecule has 1 radical (unpaired) electrons. The highest BCUT2D eigenvalue weighted by molar-refractivity contribution is 5.27. The summed E-state index contributed by atoms with van der Waals surface area (Å²) in [4.78, 5) is 0. The number of alkyl halides is 3. The smallest absolute Gasteiger partial charge is 0.253 e. The average molecular weight is 192 g/mol. The summed E-state index contributed by atoms with van der Waals surface area (Å²) in [5.74, 6) is -1.30. The van der Waals surface area contributed by atoms with Gasteiger partial charge in [-0.05, 0) is 17.7 Å². The first kappa shape index (κ1) is 9.98. The van der Waals surface area contributed by atoms with Crippen molar-refractivity contribution in [3.05, 3.63) is 35.1 Å². The SMILES string of the molecule is [NH]Cc1ccc(F)c(C(F)(F)F)c1. The minimum Gasteiger partial charge on any atom is -0.253 e. The monoisotopic (exact) mass is 192 g/mol. The zero-order valence-electron chi connectivity index (χ0n) is 6.45. The van der Waals surface area contributed by atoms with Crippen LogP contribution >= 0.6 is 0 Å². The molecule has 71 valence electrons. The van der Waals surface area contributed by atoms with Crippen LogP contribution in [0.1, 0.15) is 11.1 Å². The first-order valence-electron chi connectivity index (χ1n) is 3.45. The number of hydrogen-bond acceptors (Lipinski definition) is 0. The molecule has 0 unspecified atom stereocenters. The van der Waals surface area contributed by atoms with Crippen LogP contribution < -0.4 is 5.73 Å². The van der Waals surface area contributed by atoms with E-state index in [1.807, 2.05) is 0 Å². The van der Waals surface area contributed by atoms with E-state index in [1.165, 1.54) is 0 Å². The molecule has 0 fully saturated rings. The fourth-order valence-electron chi connectivity index (χ4n) is 0.900. The van der Waals surface area contributed by atoms with E-state index in [4.69, 9.17) is 5.73 Å². The summed E-state index contributed by atoms with van der Waals surface area (Å²) < 4.78 is 48.8. The van der Waals surface area contributed by atoms with Crippen molar-refractivity contribution in [3.8, 4) is 0 Å². The van der Waals surface area contributed by atoms with Gasteiger partial charge >= 0.3 is 6.18 Å². The lowest BCUT2D eigenvalue weighted by atomic mass is 10.1. The van der Waals surface area contributed by atoms with Crippen molar-refractivity contribution < 1.29 is 17.6 Å². The molecule has 0 amide bonds. The Labute approximate surface area is 72.2 Å². The number of nitrogens with one attached hydrogen (secondary N) is 1. The Bertz CT molecular complexity index is 306. The lowest BCUT2D eigenvalue weighted by Gasteiger charge is -2.08. The lowest BCUT2D eigenvalue weighted by Crippen LogP contribution is -2.08. The Morgan fingerprint density at radius 3 is 2.31 bits per heavy atom. The van der Waals surface area contributed by atoms with Crippen LogP contribution in [-0.4, -0.2) is 0 Å². The second kappa shape index (κ2) is 3.33. The van der Waals surface area contributed by atoms with Crippen molar-refractivity contribution in [1.82, 2.24) is 5.73 Å². The van der Waals surface area contributed by atoms with Crippen LogP contribution in [0.3, 0.4) is 0 Å². The molecule has 1 rings (SSSR count). The fourth-order valence-corrected chi connectivity index (χ4v) is 0.900. The third-order valence-corrected chi connectivity index (χ3v) is 1.54. The highest BCUT2D eigenvalue weighted by Gasteiger charge is 2.33. The van der Waals surface area contributed by atoms with Crippen LogP contribution in [-0.2, 0) is 12.7 Å². The Morgan fingerprint density at radius 2 is 1.85 bits per heavy atom. The number of rotatable bonds is 1. The zero-order valence-corrected chi connectivity index (χ0v) is 6.45. The molecule has 0 aliphatic heterocycles. The summed E-state index contributed by atoms with van der Waals surface area (Å²) in [5, 5.41) is 0. The minimum atomic E-state index is -4.69. The standard InChI is InChI=1S/C8H6F4N/c9-7-2-1-5(4-13)3-6(7)8(10,11)12/h1-3,13H,4H2. The predicted octanol–water partition coefficient (Wildman–Crippen LogP) is 2.63. The minimum absolute atomic E-state index is 0.147. The lowest BCUT2D eigenvalue weighted by molar-refractivity contribution is -0.140. The fraction of sp³-hybridized carbons (Fsp3) is 0.250. The van der Waals surface area contributed by atoms with Gasteiger partial charge in [0.1, 0.15) is 5.82 Å². The molecular formula is C8H6F4N. The largest absolute Gasteiger partial charge is 0.419 e. The molecule has 0 aromatic heterocycles. The maximum Gasteiger partial charge on any atom is 0.419 e. The van der Waals surface area contributed by atoms with E-state index >= 15 is 0 Å². The summed E-state index contributed by atoms with van der Waals surface area (Å²) in [6.07, 6.45) is -4.69. The van der Waals surface area contributed by atoms with Gasteiger partial charge in [-0.3, -0.25) is 5.73 Å². The zero-order chi connectivity index (χ0) is 10.1. The molecule has 0 aliphatic carbocycles. The quantitative estimate of drug-likeness (QED) is 0.611. The van der Waals surface area contributed by atoms with E-state index in [0.717, 1.165) is 12.1 Å². The number of halogens is 4. The molecule has 5 heteroatoms. The van der Waals surface area contributed by atoms with E-state index in [9.17, 15) is 17.6 Å². The van der Waals surface area contributed by atoms with Gasteiger partial charge < -0.3 is 0 Å². The second-order valence-electron chi connectivity index (χ2n) is 2.49. The summed E-state index contributed by atoms with van der Waals surface area (Å²) in [6.45, 7) is -0.288. The van der Waals surface area contributed by atoms with Crippen LogP contribution in [0.15, 0.2) is 18.2 Å². The number of benzene rings is 1. The van der Waals surface area contributed by atoms with Crippen LogP contribution in [0.25, 0.3) is 0 Å². The van der Waals surface area contributed by atoms with E-state index in [1.54, 1.807) is 0 Å². The van der Waals surface area contributed by atoms with Crippen LogP contribution in [0.2, 0.25) is 0 Å². The van der Waals surface area contributed by atoms with Crippen molar-refractivity contribution in [2.45, 2.75) is 12.7 Å². The van der Waals surface area contributed by atoms with E-state index in [2.05, 4.69) is 0 Å². The van der Waals surface area contributed by atoms with Gasteiger partial charge in [-0.1, -0.05) is 6.07 Å². The average Bonchev–Trinajstić information content (AvgIpc) is 2.03. The molecule has 0 aliphatic rings. The van der Waals surface area contributed by atoms with Crippen molar-refractivity contribution in [2.75, 3.05) is 0 Å². The molecule has 1 N–H and O–H groups in total. The molecule has 0 heterocycles. The maximum atomic E-state index is 12.6. The van der Waals surface area contributed by atoms with E-state index in [0.29, 0.717) is 6.07 Å². The Balaban J connectivity index is 3.19. The third-order valence-electron chi connectivity index (χ3n) is 1.54. The Hall–Kier alpha value is -1.10. The van der Waals surface area contributed by atoms with Gasteiger partial charge in [0, 0.05) is 6.54 Å². The first-order valence-corrected chi connectivity index (χ1v) is 3.45. The van der Waals surface area contributed by atoms with E-state index < -0.39 is 17.6 Å². The maximum absolute atomic E-state index is 12.6. The van der Waals surface area contributed by atoms with Crippen molar-refractivity contribution in [3.63, 3.8) is 0 Å².